The summed E-state index contributed by atoms with van der Waals surface area (Å²) in [5.74, 6) is -0.186. The molecule has 0 saturated carbocycles. The fourth-order valence-corrected chi connectivity index (χ4v) is 2.73. The quantitative estimate of drug-likeness (QED) is 0.782. The van der Waals surface area contributed by atoms with E-state index in [9.17, 15) is 4.39 Å². The maximum atomic E-state index is 13.5. The minimum atomic E-state index is -0.186. The third kappa shape index (κ3) is 4.66. The number of halogens is 1. The SMILES string of the molecule is COCCNCc1cc(F)ccc1N1CCC(OC)CC1. The summed E-state index contributed by atoms with van der Waals surface area (Å²) in [6.45, 7) is 3.98. The summed E-state index contributed by atoms with van der Waals surface area (Å²) in [4.78, 5) is 2.32. The third-order valence-corrected chi connectivity index (χ3v) is 3.96. The zero-order valence-corrected chi connectivity index (χ0v) is 12.9. The van der Waals surface area contributed by atoms with Gasteiger partial charge in [-0.05, 0) is 36.6 Å². The van der Waals surface area contributed by atoms with Gasteiger partial charge in [0.2, 0.25) is 0 Å². The average molecular weight is 296 g/mol. The van der Waals surface area contributed by atoms with E-state index in [4.69, 9.17) is 9.47 Å². The minimum Gasteiger partial charge on any atom is -0.383 e. The summed E-state index contributed by atoms with van der Waals surface area (Å²) in [6, 6.07) is 5.05. The van der Waals surface area contributed by atoms with Gasteiger partial charge in [0, 0.05) is 46.1 Å². The van der Waals surface area contributed by atoms with Crippen LogP contribution in [0.2, 0.25) is 0 Å². The molecule has 1 aliphatic rings. The van der Waals surface area contributed by atoms with Gasteiger partial charge in [-0.1, -0.05) is 0 Å². The summed E-state index contributed by atoms with van der Waals surface area (Å²) in [5.41, 5.74) is 2.12. The van der Waals surface area contributed by atoms with Gasteiger partial charge in [-0.2, -0.15) is 0 Å². The first kappa shape index (κ1) is 16.2. The van der Waals surface area contributed by atoms with E-state index in [-0.39, 0.29) is 5.82 Å². The number of benzene rings is 1. The lowest BCUT2D eigenvalue weighted by atomic mass is 10.0. The molecular formula is C16H25FN2O2. The summed E-state index contributed by atoms with van der Waals surface area (Å²) < 4.78 is 23.9. The van der Waals surface area contributed by atoms with Crippen LogP contribution in [0, 0.1) is 5.82 Å². The number of methoxy groups -OCH3 is 2. The Morgan fingerprint density at radius 1 is 1.29 bits per heavy atom. The van der Waals surface area contributed by atoms with Crippen LogP contribution in [0.4, 0.5) is 10.1 Å². The zero-order valence-electron chi connectivity index (χ0n) is 12.9. The van der Waals surface area contributed by atoms with Gasteiger partial charge in [-0.3, -0.25) is 0 Å². The summed E-state index contributed by atoms with van der Waals surface area (Å²) in [6.07, 6.45) is 2.39. The van der Waals surface area contributed by atoms with Crippen molar-refractivity contribution in [3.8, 4) is 0 Å². The number of piperidine rings is 1. The number of nitrogens with zero attached hydrogens (tertiary/aromatic N) is 1. The van der Waals surface area contributed by atoms with E-state index < -0.39 is 0 Å². The Hall–Kier alpha value is -1.17. The molecule has 1 saturated heterocycles. The number of hydrogen-bond donors (Lipinski definition) is 1. The molecule has 0 spiro atoms. The van der Waals surface area contributed by atoms with Crippen LogP contribution in [0.15, 0.2) is 18.2 Å². The van der Waals surface area contributed by atoms with Crippen molar-refractivity contribution in [1.82, 2.24) is 5.32 Å². The Balaban J connectivity index is 2.01. The number of ether oxygens (including phenoxy) is 2. The third-order valence-electron chi connectivity index (χ3n) is 3.96. The lowest BCUT2D eigenvalue weighted by Crippen LogP contribution is -2.37. The van der Waals surface area contributed by atoms with Crippen LogP contribution in [0.25, 0.3) is 0 Å². The molecule has 1 N–H and O–H groups in total. The Bertz CT molecular complexity index is 434. The molecule has 0 aliphatic carbocycles. The molecule has 1 aromatic rings. The van der Waals surface area contributed by atoms with Crippen molar-refractivity contribution in [2.45, 2.75) is 25.5 Å². The fourth-order valence-electron chi connectivity index (χ4n) is 2.73. The predicted molar refractivity (Wildman–Crippen MR) is 82.2 cm³/mol. The molecule has 1 aromatic carbocycles. The molecule has 1 aliphatic heterocycles. The molecule has 0 radical (unpaired) electrons. The highest BCUT2D eigenvalue weighted by Crippen LogP contribution is 2.25. The van der Waals surface area contributed by atoms with Crippen molar-refractivity contribution >= 4 is 5.69 Å². The second kappa shape index (κ2) is 8.32. The second-order valence-corrected chi connectivity index (χ2v) is 5.36. The first-order chi connectivity index (χ1) is 10.2. The van der Waals surface area contributed by atoms with Crippen LogP contribution in [0.5, 0.6) is 0 Å². The monoisotopic (exact) mass is 296 g/mol. The van der Waals surface area contributed by atoms with E-state index in [2.05, 4.69) is 10.2 Å². The predicted octanol–water partition coefficient (Wildman–Crippen LogP) is 2.18. The van der Waals surface area contributed by atoms with E-state index >= 15 is 0 Å². The van der Waals surface area contributed by atoms with Gasteiger partial charge in [-0.15, -0.1) is 0 Å². The molecule has 21 heavy (non-hydrogen) atoms. The second-order valence-electron chi connectivity index (χ2n) is 5.36. The first-order valence-corrected chi connectivity index (χ1v) is 7.50. The summed E-state index contributed by atoms with van der Waals surface area (Å²) in [5, 5.41) is 3.29. The number of nitrogens with one attached hydrogen (secondary N) is 1. The van der Waals surface area contributed by atoms with E-state index in [1.807, 2.05) is 6.07 Å². The Labute approximate surface area is 126 Å². The number of hydrogen-bond acceptors (Lipinski definition) is 4. The molecule has 0 amide bonds. The molecular weight excluding hydrogens is 271 g/mol. The smallest absolute Gasteiger partial charge is 0.123 e. The van der Waals surface area contributed by atoms with Gasteiger partial charge < -0.3 is 19.7 Å². The van der Waals surface area contributed by atoms with E-state index in [0.717, 1.165) is 43.7 Å². The average Bonchev–Trinajstić information content (AvgIpc) is 2.52. The Morgan fingerprint density at radius 2 is 2.05 bits per heavy atom. The van der Waals surface area contributed by atoms with E-state index in [0.29, 0.717) is 19.3 Å². The summed E-state index contributed by atoms with van der Waals surface area (Å²) in [7, 11) is 3.44. The summed E-state index contributed by atoms with van der Waals surface area (Å²) >= 11 is 0. The van der Waals surface area contributed by atoms with Crippen molar-refractivity contribution in [3.05, 3.63) is 29.6 Å². The lowest BCUT2D eigenvalue weighted by molar-refractivity contribution is 0.0819. The van der Waals surface area contributed by atoms with Gasteiger partial charge in [-0.25, -0.2) is 4.39 Å². The largest absolute Gasteiger partial charge is 0.383 e. The molecule has 0 unspecified atom stereocenters. The van der Waals surface area contributed by atoms with Crippen LogP contribution in [0.3, 0.4) is 0 Å². The van der Waals surface area contributed by atoms with Gasteiger partial charge in [0.25, 0.3) is 0 Å². The van der Waals surface area contributed by atoms with E-state index in [1.54, 1.807) is 20.3 Å². The van der Waals surface area contributed by atoms with Gasteiger partial charge in [0.1, 0.15) is 5.82 Å². The van der Waals surface area contributed by atoms with Crippen molar-refractivity contribution in [3.63, 3.8) is 0 Å². The van der Waals surface area contributed by atoms with Crippen LogP contribution >= 0.6 is 0 Å². The minimum absolute atomic E-state index is 0.186. The topological polar surface area (TPSA) is 33.7 Å². The highest BCUT2D eigenvalue weighted by molar-refractivity contribution is 5.54. The van der Waals surface area contributed by atoms with Gasteiger partial charge in [0.15, 0.2) is 0 Å². The van der Waals surface area contributed by atoms with Crippen molar-refractivity contribution < 1.29 is 13.9 Å². The molecule has 4 nitrogen and oxygen atoms in total. The van der Waals surface area contributed by atoms with Crippen molar-refractivity contribution in [2.75, 3.05) is 45.4 Å². The lowest BCUT2D eigenvalue weighted by Gasteiger charge is -2.34. The Kier molecular flexibility index (Phi) is 6.42. The van der Waals surface area contributed by atoms with E-state index in [1.165, 1.54) is 6.07 Å². The molecule has 2 rings (SSSR count). The standard InChI is InChI=1S/C16H25FN2O2/c1-20-10-7-18-12-13-11-14(17)3-4-16(13)19-8-5-15(21-2)6-9-19/h3-4,11,15,18H,5-10,12H2,1-2H3. The molecule has 0 aromatic heterocycles. The zero-order chi connectivity index (χ0) is 15.1. The maximum Gasteiger partial charge on any atom is 0.123 e. The molecule has 5 heteroatoms. The van der Waals surface area contributed by atoms with Crippen molar-refractivity contribution in [1.29, 1.82) is 0 Å². The number of rotatable bonds is 7. The maximum absolute atomic E-state index is 13.5. The molecule has 1 heterocycles. The fraction of sp³-hybridized carbons (Fsp3) is 0.625. The highest BCUT2D eigenvalue weighted by atomic mass is 19.1. The highest BCUT2D eigenvalue weighted by Gasteiger charge is 2.20. The normalized spacial score (nSPS) is 16.4. The molecule has 0 atom stereocenters. The van der Waals surface area contributed by atoms with Gasteiger partial charge in [0.05, 0.1) is 12.7 Å². The van der Waals surface area contributed by atoms with Crippen molar-refractivity contribution in [2.24, 2.45) is 0 Å². The van der Waals surface area contributed by atoms with Crippen LogP contribution in [-0.2, 0) is 16.0 Å². The number of anilines is 1. The molecule has 118 valence electrons. The van der Waals surface area contributed by atoms with Crippen LogP contribution in [-0.4, -0.2) is 46.6 Å². The molecule has 1 fully saturated rings. The first-order valence-electron chi connectivity index (χ1n) is 7.50. The van der Waals surface area contributed by atoms with Gasteiger partial charge >= 0.3 is 0 Å². The molecule has 0 bridgehead atoms. The Morgan fingerprint density at radius 3 is 2.71 bits per heavy atom. The van der Waals surface area contributed by atoms with Crippen LogP contribution < -0.4 is 10.2 Å². The van der Waals surface area contributed by atoms with Crippen LogP contribution in [0.1, 0.15) is 18.4 Å².